The van der Waals surface area contributed by atoms with E-state index in [9.17, 15) is 26.3 Å². The van der Waals surface area contributed by atoms with Gasteiger partial charge in [-0.05, 0) is 13.8 Å². The van der Waals surface area contributed by atoms with Crippen LogP contribution in [0.3, 0.4) is 0 Å². The van der Waals surface area contributed by atoms with Gasteiger partial charge in [-0.2, -0.15) is 26.3 Å². The van der Waals surface area contributed by atoms with Gasteiger partial charge < -0.3 is 5.11 Å². The molecule has 0 amide bonds. The molecule has 0 saturated heterocycles. The number of hydrogen-bond acceptors (Lipinski definition) is 1. The average molecular weight is 222 g/mol. The number of halogens is 6. The lowest BCUT2D eigenvalue weighted by Gasteiger charge is -2.24. The van der Waals surface area contributed by atoms with Crippen LogP contribution >= 0.6 is 0 Å². The van der Waals surface area contributed by atoms with Crippen LogP contribution in [0.25, 0.3) is 0 Å². The van der Waals surface area contributed by atoms with Crippen molar-refractivity contribution in [2.45, 2.75) is 31.8 Å². The molecule has 0 unspecified atom stereocenters. The Balaban J connectivity index is 5.26. The second kappa shape index (κ2) is 3.45. The van der Waals surface area contributed by atoms with Crippen LogP contribution < -0.4 is 0 Å². The van der Waals surface area contributed by atoms with Crippen LogP contribution in [0, 0.1) is 0 Å². The molecule has 0 aromatic carbocycles. The zero-order chi connectivity index (χ0) is 11.8. The van der Waals surface area contributed by atoms with Gasteiger partial charge in [-0.25, -0.2) is 0 Å². The van der Waals surface area contributed by atoms with Gasteiger partial charge >= 0.3 is 12.4 Å². The minimum atomic E-state index is -5.20. The zero-order valence-corrected chi connectivity index (χ0v) is 7.29. The number of rotatable bonds is 1. The van der Waals surface area contributed by atoms with Gasteiger partial charge in [-0.15, -0.1) is 0 Å². The topological polar surface area (TPSA) is 20.2 Å². The fourth-order valence-electron chi connectivity index (χ4n) is 0.769. The summed E-state index contributed by atoms with van der Waals surface area (Å²) in [7, 11) is 0. The molecule has 84 valence electrons. The van der Waals surface area contributed by atoms with E-state index < -0.39 is 29.6 Å². The maximum atomic E-state index is 12.0. The molecule has 0 atom stereocenters. The van der Waals surface area contributed by atoms with Crippen LogP contribution in [-0.4, -0.2) is 23.1 Å². The summed E-state index contributed by atoms with van der Waals surface area (Å²) in [4.78, 5) is 0. The Hall–Kier alpha value is -0.720. The molecule has 0 aromatic rings. The van der Waals surface area contributed by atoms with Crippen LogP contribution in [-0.2, 0) is 0 Å². The number of alkyl halides is 6. The van der Waals surface area contributed by atoms with Crippen molar-refractivity contribution in [3.05, 3.63) is 11.6 Å². The summed E-state index contributed by atoms with van der Waals surface area (Å²) in [5.41, 5.74) is -4.59. The summed E-state index contributed by atoms with van der Waals surface area (Å²) in [6.07, 6.45) is -11.2. The lowest BCUT2D eigenvalue weighted by Crippen LogP contribution is -2.33. The first kappa shape index (κ1) is 13.3. The van der Waals surface area contributed by atoms with Gasteiger partial charge in [0.25, 0.3) is 0 Å². The van der Waals surface area contributed by atoms with Crippen LogP contribution in [0.2, 0.25) is 0 Å². The molecule has 1 nitrogen and oxygen atoms in total. The van der Waals surface area contributed by atoms with Crippen molar-refractivity contribution in [1.82, 2.24) is 0 Å². The maximum Gasteiger partial charge on any atom is 0.415 e. The van der Waals surface area contributed by atoms with Crippen LogP contribution in [0.4, 0.5) is 26.3 Å². The van der Waals surface area contributed by atoms with Gasteiger partial charge in [-0.1, -0.05) is 0 Å². The molecule has 1 N–H and O–H groups in total. The lowest BCUT2D eigenvalue weighted by atomic mass is 9.97. The van der Waals surface area contributed by atoms with Crippen molar-refractivity contribution < 1.29 is 31.4 Å². The molecular weight excluding hydrogens is 214 g/mol. The first-order valence-corrected chi connectivity index (χ1v) is 3.43. The van der Waals surface area contributed by atoms with E-state index >= 15 is 0 Å². The highest BCUT2D eigenvalue weighted by atomic mass is 19.4. The number of aliphatic hydroxyl groups is 1. The van der Waals surface area contributed by atoms with Gasteiger partial charge in [0.2, 0.25) is 0 Å². The third-order valence-corrected chi connectivity index (χ3v) is 1.27. The third kappa shape index (κ3) is 4.50. The van der Waals surface area contributed by atoms with E-state index in [0.717, 1.165) is 0 Å². The highest BCUT2D eigenvalue weighted by Crippen LogP contribution is 2.36. The molecule has 0 aliphatic carbocycles. The SMILES string of the molecule is CC(C)(O)/C(=C/C(F)(F)F)C(F)(F)F. The molecule has 14 heavy (non-hydrogen) atoms. The first-order chi connectivity index (χ1) is 5.84. The van der Waals surface area contributed by atoms with Gasteiger partial charge in [0.1, 0.15) is 0 Å². The van der Waals surface area contributed by atoms with Crippen molar-refractivity contribution in [3.8, 4) is 0 Å². The monoisotopic (exact) mass is 222 g/mol. The standard InChI is InChI=1S/C7H8F6O/c1-5(2,14)4(7(11,12)13)3-6(8,9)10/h3,14H,1-2H3/b4-3-. The Morgan fingerprint density at radius 3 is 1.43 bits per heavy atom. The van der Waals surface area contributed by atoms with Gasteiger partial charge in [0, 0.05) is 6.08 Å². The highest BCUT2D eigenvalue weighted by Gasteiger charge is 2.45. The molecule has 0 aliphatic heterocycles. The van der Waals surface area contributed by atoms with Crippen molar-refractivity contribution in [3.63, 3.8) is 0 Å². The highest BCUT2D eigenvalue weighted by molar-refractivity contribution is 5.21. The lowest BCUT2D eigenvalue weighted by molar-refractivity contribution is -0.127. The van der Waals surface area contributed by atoms with Crippen molar-refractivity contribution >= 4 is 0 Å². The number of hydrogen-bond donors (Lipinski definition) is 1. The predicted molar refractivity (Wildman–Crippen MR) is 36.5 cm³/mol. The van der Waals surface area contributed by atoms with Crippen LogP contribution in [0.5, 0.6) is 0 Å². The van der Waals surface area contributed by atoms with E-state index in [-0.39, 0.29) is 0 Å². The Morgan fingerprint density at radius 2 is 1.36 bits per heavy atom. The molecule has 0 rings (SSSR count). The molecule has 0 saturated carbocycles. The van der Waals surface area contributed by atoms with E-state index in [4.69, 9.17) is 5.11 Å². The molecule has 0 bridgehead atoms. The number of allylic oxidation sites excluding steroid dienone is 1. The molecule has 0 aliphatic rings. The molecule has 0 radical (unpaired) electrons. The fourth-order valence-corrected chi connectivity index (χ4v) is 0.769. The molecule has 0 aromatic heterocycles. The van der Waals surface area contributed by atoms with Gasteiger partial charge in [0.05, 0.1) is 11.2 Å². The van der Waals surface area contributed by atoms with Crippen LogP contribution in [0.15, 0.2) is 11.6 Å². The van der Waals surface area contributed by atoms with Crippen LogP contribution in [0.1, 0.15) is 13.8 Å². The van der Waals surface area contributed by atoms with E-state index in [1.165, 1.54) is 0 Å². The van der Waals surface area contributed by atoms with Gasteiger partial charge in [0.15, 0.2) is 0 Å². The molecule has 0 heterocycles. The Bertz CT molecular complexity index is 212. The average Bonchev–Trinajstić information content (AvgIpc) is 1.75. The largest absolute Gasteiger partial charge is 0.415 e. The maximum absolute atomic E-state index is 12.0. The third-order valence-electron chi connectivity index (χ3n) is 1.27. The normalized spacial score (nSPS) is 15.9. The van der Waals surface area contributed by atoms with Crippen molar-refractivity contribution in [2.75, 3.05) is 0 Å². The first-order valence-electron chi connectivity index (χ1n) is 3.43. The Morgan fingerprint density at radius 1 is 1.00 bits per heavy atom. The Labute approximate surface area is 76.0 Å². The second-order valence-corrected chi connectivity index (χ2v) is 3.16. The van der Waals surface area contributed by atoms with E-state index in [1.54, 1.807) is 0 Å². The molecule has 0 spiro atoms. The molecule has 7 heteroatoms. The van der Waals surface area contributed by atoms with E-state index in [0.29, 0.717) is 13.8 Å². The minimum absolute atomic E-state index is 0.637. The fraction of sp³-hybridized carbons (Fsp3) is 0.714. The van der Waals surface area contributed by atoms with Crippen molar-refractivity contribution in [1.29, 1.82) is 0 Å². The summed E-state index contributed by atoms with van der Waals surface area (Å²) in [5, 5.41) is 8.89. The van der Waals surface area contributed by atoms with Crippen molar-refractivity contribution in [2.24, 2.45) is 0 Å². The Kier molecular flexibility index (Phi) is 3.27. The zero-order valence-electron chi connectivity index (χ0n) is 7.29. The summed E-state index contributed by atoms with van der Waals surface area (Å²) < 4.78 is 71.1. The van der Waals surface area contributed by atoms with Gasteiger partial charge in [-0.3, -0.25) is 0 Å². The predicted octanol–water partition coefficient (Wildman–Crippen LogP) is 2.81. The molecule has 0 fully saturated rings. The quantitative estimate of drug-likeness (QED) is 0.534. The minimum Gasteiger partial charge on any atom is -0.386 e. The molecular formula is C7H8F6O. The summed E-state index contributed by atoms with van der Waals surface area (Å²) >= 11 is 0. The van der Waals surface area contributed by atoms with E-state index in [1.807, 2.05) is 0 Å². The summed E-state index contributed by atoms with van der Waals surface area (Å²) in [6.45, 7) is 1.27. The summed E-state index contributed by atoms with van der Waals surface area (Å²) in [5.74, 6) is 0. The second-order valence-electron chi connectivity index (χ2n) is 3.16. The summed E-state index contributed by atoms with van der Waals surface area (Å²) in [6, 6.07) is 0. The van der Waals surface area contributed by atoms with E-state index in [2.05, 4.69) is 0 Å². The smallest absolute Gasteiger partial charge is 0.386 e.